The van der Waals surface area contributed by atoms with Crippen molar-refractivity contribution in [2.45, 2.75) is 13.8 Å². The Labute approximate surface area is 70.5 Å². The molecule has 1 unspecified atom stereocenters. The van der Waals surface area contributed by atoms with E-state index in [1.165, 1.54) is 19.9 Å². The summed E-state index contributed by atoms with van der Waals surface area (Å²) < 4.78 is 0. The van der Waals surface area contributed by atoms with Gasteiger partial charge in [-0.25, -0.2) is 4.79 Å². The summed E-state index contributed by atoms with van der Waals surface area (Å²) in [5.74, 6) is -2.01. The highest BCUT2D eigenvalue weighted by molar-refractivity contribution is 5.88. The van der Waals surface area contributed by atoms with E-state index in [0.29, 0.717) is 0 Å². The minimum atomic E-state index is -1.07. The van der Waals surface area contributed by atoms with Crippen molar-refractivity contribution in [3.05, 3.63) is 11.6 Å². The maximum atomic E-state index is 10.7. The van der Waals surface area contributed by atoms with Crippen molar-refractivity contribution in [3.63, 3.8) is 0 Å². The molecule has 12 heavy (non-hydrogen) atoms. The molecular formula is C8H12O4. The van der Waals surface area contributed by atoms with E-state index in [0.717, 1.165) is 0 Å². The van der Waals surface area contributed by atoms with Gasteiger partial charge in [-0.15, -0.1) is 0 Å². The number of hydrogen-bond donors (Lipinski definition) is 2. The number of carboxylic acids is 1. The fraction of sp³-hybridized carbons (Fsp3) is 0.500. The standard InChI is InChI=1S/C8H12O4/c1-5(8(11)12)3-7(4-9)6(2)10/h3,7,9H,4H2,1-2H3,(H,11,12). The number of rotatable bonds is 4. The van der Waals surface area contributed by atoms with Crippen LogP contribution in [0, 0.1) is 5.92 Å². The number of carbonyl (C=O) groups excluding carboxylic acids is 1. The van der Waals surface area contributed by atoms with Crippen LogP contribution in [0.3, 0.4) is 0 Å². The lowest BCUT2D eigenvalue weighted by atomic mass is 10.0. The molecular weight excluding hydrogens is 160 g/mol. The molecule has 0 heterocycles. The zero-order chi connectivity index (χ0) is 9.72. The number of ketones is 1. The van der Waals surface area contributed by atoms with E-state index in [9.17, 15) is 9.59 Å². The lowest BCUT2D eigenvalue weighted by Gasteiger charge is -2.04. The zero-order valence-corrected chi connectivity index (χ0v) is 7.07. The second-order valence-electron chi connectivity index (χ2n) is 2.55. The van der Waals surface area contributed by atoms with Gasteiger partial charge in [0.05, 0.1) is 12.5 Å². The Morgan fingerprint density at radius 2 is 1.92 bits per heavy atom. The van der Waals surface area contributed by atoms with Crippen molar-refractivity contribution < 1.29 is 19.8 Å². The maximum absolute atomic E-state index is 10.7. The molecule has 4 nitrogen and oxygen atoms in total. The summed E-state index contributed by atoms with van der Waals surface area (Å²) in [6.07, 6.45) is 1.25. The predicted molar refractivity (Wildman–Crippen MR) is 42.6 cm³/mol. The van der Waals surface area contributed by atoms with Crippen LogP contribution in [0.4, 0.5) is 0 Å². The molecule has 0 aromatic heterocycles. The largest absolute Gasteiger partial charge is 0.478 e. The van der Waals surface area contributed by atoms with Crippen molar-refractivity contribution in [2.24, 2.45) is 5.92 Å². The van der Waals surface area contributed by atoms with Gasteiger partial charge in [-0.2, -0.15) is 0 Å². The Morgan fingerprint density at radius 1 is 1.42 bits per heavy atom. The molecule has 0 rings (SSSR count). The fourth-order valence-corrected chi connectivity index (χ4v) is 0.672. The van der Waals surface area contributed by atoms with E-state index in [2.05, 4.69) is 0 Å². The van der Waals surface area contributed by atoms with Crippen LogP contribution in [0.2, 0.25) is 0 Å². The number of aliphatic hydroxyl groups is 1. The summed E-state index contributed by atoms with van der Waals surface area (Å²) in [5, 5.41) is 17.1. The number of aliphatic carboxylic acids is 1. The third-order valence-electron chi connectivity index (χ3n) is 1.51. The summed E-state index contributed by atoms with van der Waals surface area (Å²) in [6.45, 7) is 2.35. The van der Waals surface area contributed by atoms with Gasteiger partial charge in [0.2, 0.25) is 0 Å². The van der Waals surface area contributed by atoms with Gasteiger partial charge in [0.15, 0.2) is 0 Å². The second-order valence-corrected chi connectivity index (χ2v) is 2.55. The van der Waals surface area contributed by atoms with Crippen LogP contribution in [-0.2, 0) is 9.59 Å². The lowest BCUT2D eigenvalue weighted by molar-refractivity contribution is -0.132. The number of carbonyl (C=O) groups is 2. The Balaban J connectivity index is 4.46. The Morgan fingerprint density at radius 3 is 2.17 bits per heavy atom. The van der Waals surface area contributed by atoms with Crippen LogP contribution in [0.1, 0.15) is 13.8 Å². The first-order valence-electron chi connectivity index (χ1n) is 3.52. The minimum Gasteiger partial charge on any atom is -0.478 e. The Kier molecular flexibility index (Phi) is 4.21. The number of aliphatic hydroxyl groups excluding tert-OH is 1. The predicted octanol–water partition coefficient (Wildman–Crippen LogP) is 0.215. The van der Waals surface area contributed by atoms with Crippen LogP contribution in [0.5, 0.6) is 0 Å². The van der Waals surface area contributed by atoms with Crippen molar-refractivity contribution in [2.75, 3.05) is 6.61 Å². The Hall–Kier alpha value is -1.16. The van der Waals surface area contributed by atoms with Gasteiger partial charge in [0.25, 0.3) is 0 Å². The molecule has 0 aliphatic heterocycles. The third-order valence-corrected chi connectivity index (χ3v) is 1.51. The van der Waals surface area contributed by atoms with Gasteiger partial charge >= 0.3 is 5.97 Å². The molecule has 4 heteroatoms. The highest BCUT2D eigenvalue weighted by Crippen LogP contribution is 2.04. The monoisotopic (exact) mass is 172 g/mol. The highest BCUT2D eigenvalue weighted by atomic mass is 16.4. The molecule has 0 bridgehead atoms. The fourth-order valence-electron chi connectivity index (χ4n) is 0.672. The van der Waals surface area contributed by atoms with E-state index in [4.69, 9.17) is 10.2 Å². The molecule has 1 atom stereocenters. The smallest absolute Gasteiger partial charge is 0.330 e. The first kappa shape index (κ1) is 10.8. The molecule has 0 saturated carbocycles. The van der Waals surface area contributed by atoms with E-state index < -0.39 is 11.9 Å². The molecule has 0 radical (unpaired) electrons. The molecule has 0 aliphatic rings. The first-order chi connectivity index (χ1) is 5.49. The molecule has 0 amide bonds. The van der Waals surface area contributed by atoms with Crippen molar-refractivity contribution >= 4 is 11.8 Å². The zero-order valence-electron chi connectivity index (χ0n) is 7.07. The van der Waals surface area contributed by atoms with Crippen LogP contribution in [0.15, 0.2) is 11.6 Å². The SMILES string of the molecule is CC(=O)C(C=C(C)C(=O)O)CO. The quantitative estimate of drug-likeness (QED) is 0.594. The van der Waals surface area contributed by atoms with Crippen LogP contribution in [-0.4, -0.2) is 28.6 Å². The highest BCUT2D eigenvalue weighted by Gasteiger charge is 2.11. The first-order valence-corrected chi connectivity index (χ1v) is 3.52. The molecule has 0 fully saturated rings. The van der Waals surface area contributed by atoms with E-state index in [-0.39, 0.29) is 18.0 Å². The maximum Gasteiger partial charge on any atom is 0.330 e. The van der Waals surface area contributed by atoms with Gasteiger partial charge in [0, 0.05) is 5.57 Å². The molecule has 2 N–H and O–H groups in total. The van der Waals surface area contributed by atoms with Gasteiger partial charge in [-0.3, -0.25) is 4.79 Å². The molecule has 0 aliphatic carbocycles. The molecule has 0 saturated heterocycles. The molecule has 0 aromatic rings. The summed E-state index contributed by atoms with van der Waals surface area (Å²) in [6, 6.07) is 0. The van der Waals surface area contributed by atoms with Crippen LogP contribution >= 0.6 is 0 Å². The summed E-state index contributed by atoms with van der Waals surface area (Å²) in [5.41, 5.74) is 0.0734. The second kappa shape index (κ2) is 4.66. The van der Waals surface area contributed by atoms with Crippen molar-refractivity contribution in [3.8, 4) is 0 Å². The average Bonchev–Trinajstić information content (AvgIpc) is 1.98. The minimum absolute atomic E-state index is 0.0734. The van der Waals surface area contributed by atoms with Crippen LogP contribution < -0.4 is 0 Å². The summed E-state index contributed by atoms with van der Waals surface area (Å²) in [4.78, 5) is 21.0. The summed E-state index contributed by atoms with van der Waals surface area (Å²) in [7, 11) is 0. The van der Waals surface area contributed by atoms with Gasteiger partial charge < -0.3 is 10.2 Å². The van der Waals surface area contributed by atoms with Gasteiger partial charge in [-0.05, 0) is 13.8 Å². The molecule has 68 valence electrons. The van der Waals surface area contributed by atoms with Crippen molar-refractivity contribution in [1.82, 2.24) is 0 Å². The molecule has 0 aromatic carbocycles. The lowest BCUT2D eigenvalue weighted by Crippen LogP contribution is -2.14. The van der Waals surface area contributed by atoms with Gasteiger partial charge in [0.1, 0.15) is 5.78 Å². The third kappa shape index (κ3) is 3.30. The van der Waals surface area contributed by atoms with E-state index in [1.54, 1.807) is 0 Å². The molecule has 0 spiro atoms. The topological polar surface area (TPSA) is 74.6 Å². The average molecular weight is 172 g/mol. The van der Waals surface area contributed by atoms with E-state index >= 15 is 0 Å². The van der Waals surface area contributed by atoms with E-state index in [1.807, 2.05) is 0 Å². The summed E-state index contributed by atoms with van der Waals surface area (Å²) >= 11 is 0. The number of Topliss-reactive ketones (excluding diaryl/α,β-unsaturated/α-hetero) is 1. The van der Waals surface area contributed by atoms with Crippen molar-refractivity contribution in [1.29, 1.82) is 0 Å². The Bertz CT molecular complexity index is 217. The normalized spacial score (nSPS) is 14.1. The van der Waals surface area contributed by atoms with Gasteiger partial charge in [-0.1, -0.05) is 6.08 Å². The van der Waals surface area contributed by atoms with Crippen LogP contribution in [0.25, 0.3) is 0 Å². The number of carboxylic acid groups (broad SMARTS) is 1. The number of hydrogen-bond acceptors (Lipinski definition) is 3.